The molecule has 1 aliphatic heterocycles. The number of nitrogens with zero attached hydrogens (tertiary/aromatic N) is 1. The Kier molecular flexibility index (Phi) is 5.21. The van der Waals surface area contributed by atoms with E-state index in [-0.39, 0.29) is 19.0 Å². The second-order valence-electron chi connectivity index (χ2n) is 4.93. The fourth-order valence-electron chi connectivity index (χ4n) is 2.21. The number of benzene rings is 1. The maximum atomic E-state index is 13.0. The molecule has 1 saturated heterocycles. The van der Waals surface area contributed by atoms with Crippen molar-refractivity contribution in [2.75, 3.05) is 6.54 Å². The van der Waals surface area contributed by atoms with Crippen molar-refractivity contribution in [3.05, 3.63) is 28.2 Å². The topological polar surface area (TPSA) is 54.0 Å². The molecule has 0 radical (unpaired) electrons. The van der Waals surface area contributed by atoms with Gasteiger partial charge in [-0.25, -0.2) is 13.8 Å². The van der Waals surface area contributed by atoms with Gasteiger partial charge in [0.05, 0.1) is 29.3 Å². The maximum absolute atomic E-state index is 13.0. The molecule has 2 heterocycles. The number of alkyl halides is 2. The van der Waals surface area contributed by atoms with E-state index in [1.54, 1.807) is 12.1 Å². The summed E-state index contributed by atoms with van der Waals surface area (Å²) in [6, 6.07) is 4.54. The zero-order valence-electron chi connectivity index (χ0n) is 11.2. The minimum Gasteiger partial charge on any atom is -0.348 e. The van der Waals surface area contributed by atoms with E-state index < -0.39 is 30.8 Å². The number of hydrogen-bond donors (Lipinski definition) is 2. The van der Waals surface area contributed by atoms with Crippen LogP contribution in [-0.4, -0.2) is 29.4 Å². The first-order valence-corrected chi connectivity index (χ1v) is 7.56. The van der Waals surface area contributed by atoms with Crippen LogP contribution in [-0.2, 0) is 11.3 Å². The van der Waals surface area contributed by atoms with Crippen molar-refractivity contribution in [1.29, 1.82) is 0 Å². The van der Waals surface area contributed by atoms with Crippen LogP contribution in [0.25, 0.3) is 10.2 Å². The number of aromatic nitrogens is 1. The van der Waals surface area contributed by atoms with Crippen LogP contribution in [0.4, 0.5) is 8.78 Å². The Morgan fingerprint density at radius 1 is 1.55 bits per heavy atom. The van der Waals surface area contributed by atoms with E-state index in [0.717, 1.165) is 10.2 Å². The van der Waals surface area contributed by atoms with E-state index in [0.29, 0.717) is 10.0 Å². The molecule has 0 bridgehead atoms. The summed E-state index contributed by atoms with van der Waals surface area (Å²) >= 11 is 7.32. The number of carbonyl (C=O) groups is 1. The number of halogens is 4. The number of rotatable bonds is 3. The quantitative estimate of drug-likeness (QED) is 0.876. The van der Waals surface area contributed by atoms with Gasteiger partial charge < -0.3 is 5.32 Å². The highest BCUT2D eigenvalue weighted by Gasteiger charge is 2.42. The summed E-state index contributed by atoms with van der Waals surface area (Å²) in [5.41, 5.74) is 0.766. The highest BCUT2D eigenvalue weighted by Crippen LogP contribution is 2.26. The standard InChI is InChI=1S/C13H12ClF2N3OS.ClH/c14-7-1-2-10-8(3-7)19-11(21-10)5-17-12(20)9-4-13(15,16)6-18-9;/h1-3,9,18H,4-6H2,(H,17,20);1H. The first kappa shape index (κ1) is 17.3. The van der Waals surface area contributed by atoms with Crippen molar-refractivity contribution in [2.45, 2.75) is 24.9 Å². The van der Waals surface area contributed by atoms with E-state index in [1.165, 1.54) is 11.3 Å². The Balaban J connectivity index is 0.00000176. The van der Waals surface area contributed by atoms with Crippen LogP contribution in [0.1, 0.15) is 11.4 Å². The molecule has 1 fully saturated rings. The van der Waals surface area contributed by atoms with Crippen LogP contribution in [0.2, 0.25) is 5.02 Å². The summed E-state index contributed by atoms with van der Waals surface area (Å²) < 4.78 is 27.0. The third-order valence-corrected chi connectivity index (χ3v) is 4.51. The molecule has 3 rings (SSSR count). The lowest BCUT2D eigenvalue weighted by Crippen LogP contribution is -2.39. The fourth-order valence-corrected chi connectivity index (χ4v) is 3.26. The van der Waals surface area contributed by atoms with E-state index in [1.807, 2.05) is 6.07 Å². The lowest BCUT2D eigenvalue weighted by molar-refractivity contribution is -0.123. The third kappa shape index (κ3) is 3.84. The average Bonchev–Trinajstić information content (AvgIpc) is 2.98. The predicted octanol–water partition coefficient (Wildman–Crippen LogP) is 2.98. The zero-order valence-corrected chi connectivity index (χ0v) is 13.6. The van der Waals surface area contributed by atoms with E-state index >= 15 is 0 Å². The van der Waals surface area contributed by atoms with Gasteiger partial charge in [-0.1, -0.05) is 11.6 Å². The number of fused-ring (bicyclic) bond motifs is 1. The van der Waals surface area contributed by atoms with E-state index in [4.69, 9.17) is 11.6 Å². The van der Waals surface area contributed by atoms with Gasteiger partial charge in [-0.3, -0.25) is 10.1 Å². The normalized spacial score (nSPS) is 19.9. The number of carbonyl (C=O) groups excluding carboxylic acids is 1. The summed E-state index contributed by atoms with van der Waals surface area (Å²) in [4.78, 5) is 16.2. The highest BCUT2D eigenvalue weighted by molar-refractivity contribution is 7.18. The van der Waals surface area contributed by atoms with Gasteiger partial charge in [0.1, 0.15) is 5.01 Å². The Labute approximate surface area is 140 Å². The Hall–Kier alpha value is -1.02. The predicted molar refractivity (Wildman–Crippen MR) is 85.1 cm³/mol. The van der Waals surface area contributed by atoms with Crippen molar-refractivity contribution in [3.63, 3.8) is 0 Å². The Morgan fingerprint density at radius 2 is 2.32 bits per heavy atom. The molecule has 1 atom stereocenters. The number of thiazole rings is 1. The highest BCUT2D eigenvalue weighted by atomic mass is 35.5. The van der Waals surface area contributed by atoms with Crippen LogP contribution < -0.4 is 10.6 Å². The lowest BCUT2D eigenvalue weighted by Gasteiger charge is -2.09. The van der Waals surface area contributed by atoms with Crippen molar-refractivity contribution < 1.29 is 13.6 Å². The third-order valence-electron chi connectivity index (χ3n) is 3.23. The van der Waals surface area contributed by atoms with Crippen LogP contribution in [0.5, 0.6) is 0 Å². The fraction of sp³-hybridized carbons (Fsp3) is 0.385. The van der Waals surface area contributed by atoms with Crippen molar-refractivity contribution in [3.8, 4) is 0 Å². The van der Waals surface area contributed by atoms with E-state index in [9.17, 15) is 13.6 Å². The summed E-state index contributed by atoms with van der Waals surface area (Å²) in [5, 5.41) is 6.47. The molecule has 1 aromatic carbocycles. The minimum atomic E-state index is -2.81. The second kappa shape index (κ2) is 6.62. The summed E-state index contributed by atoms with van der Waals surface area (Å²) in [5.74, 6) is -3.24. The smallest absolute Gasteiger partial charge is 0.262 e. The Morgan fingerprint density at radius 3 is 3.00 bits per heavy atom. The van der Waals surface area contributed by atoms with Gasteiger partial charge in [-0.05, 0) is 18.2 Å². The number of amides is 1. The molecule has 2 N–H and O–H groups in total. The van der Waals surface area contributed by atoms with Crippen LogP contribution in [0, 0.1) is 0 Å². The second-order valence-corrected chi connectivity index (χ2v) is 6.48. The van der Waals surface area contributed by atoms with Gasteiger partial charge in [0.2, 0.25) is 5.91 Å². The maximum Gasteiger partial charge on any atom is 0.262 e. The Bertz CT molecular complexity index is 695. The molecule has 4 nitrogen and oxygen atoms in total. The number of nitrogens with one attached hydrogen (secondary N) is 2. The van der Waals surface area contributed by atoms with Gasteiger partial charge in [0, 0.05) is 11.4 Å². The SMILES string of the molecule is Cl.O=C(NCc1nc2cc(Cl)ccc2s1)C1CC(F)(F)CN1. The molecule has 22 heavy (non-hydrogen) atoms. The zero-order chi connectivity index (χ0) is 15.0. The monoisotopic (exact) mass is 367 g/mol. The van der Waals surface area contributed by atoms with E-state index in [2.05, 4.69) is 15.6 Å². The minimum absolute atomic E-state index is 0. The summed E-state index contributed by atoms with van der Waals surface area (Å²) in [6.45, 7) is -0.232. The number of hydrogen-bond acceptors (Lipinski definition) is 4. The molecule has 0 aliphatic carbocycles. The van der Waals surface area contributed by atoms with Gasteiger partial charge in [0.25, 0.3) is 5.92 Å². The van der Waals surface area contributed by atoms with Crippen molar-refractivity contribution >= 4 is 51.5 Å². The molecule has 9 heteroatoms. The molecule has 1 amide bonds. The molecular weight excluding hydrogens is 355 g/mol. The summed E-state index contributed by atoms with van der Waals surface area (Å²) in [6.07, 6.45) is -0.464. The average molecular weight is 368 g/mol. The van der Waals surface area contributed by atoms with Gasteiger partial charge in [-0.15, -0.1) is 23.7 Å². The first-order chi connectivity index (χ1) is 9.93. The molecule has 1 aliphatic rings. The molecule has 120 valence electrons. The van der Waals surface area contributed by atoms with Gasteiger partial charge in [-0.2, -0.15) is 0 Å². The van der Waals surface area contributed by atoms with Crippen LogP contribution in [0.3, 0.4) is 0 Å². The van der Waals surface area contributed by atoms with Crippen LogP contribution >= 0.6 is 35.3 Å². The molecule has 0 spiro atoms. The van der Waals surface area contributed by atoms with Gasteiger partial charge in [0.15, 0.2) is 0 Å². The molecule has 0 saturated carbocycles. The summed E-state index contributed by atoms with van der Waals surface area (Å²) in [7, 11) is 0. The first-order valence-electron chi connectivity index (χ1n) is 6.37. The molecular formula is C13H13Cl2F2N3OS. The van der Waals surface area contributed by atoms with Crippen molar-refractivity contribution in [1.82, 2.24) is 15.6 Å². The molecule has 1 unspecified atom stereocenters. The molecule has 1 aromatic heterocycles. The lowest BCUT2D eigenvalue weighted by atomic mass is 10.2. The largest absolute Gasteiger partial charge is 0.348 e. The van der Waals surface area contributed by atoms with Crippen LogP contribution in [0.15, 0.2) is 18.2 Å². The van der Waals surface area contributed by atoms with Crippen molar-refractivity contribution in [2.24, 2.45) is 0 Å². The molecule has 2 aromatic rings. The van der Waals surface area contributed by atoms with Gasteiger partial charge >= 0.3 is 0 Å².